The van der Waals surface area contributed by atoms with Crippen molar-refractivity contribution in [3.63, 3.8) is 0 Å². The third-order valence-electron chi connectivity index (χ3n) is 4.84. The number of esters is 1. The lowest BCUT2D eigenvalue weighted by atomic mass is 9.97. The number of nitrogens with one attached hydrogen (secondary N) is 1. The highest BCUT2D eigenvalue weighted by molar-refractivity contribution is 5.95. The van der Waals surface area contributed by atoms with Crippen molar-refractivity contribution in [1.29, 1.82) is 0 Å². The van der Waals surface area contributed by atoms with E-state index in [1.165, 1.54) is 25.5 Å². The van der Waals surface area contributed by atoms with Gasteiger partial charge in [-0.25, -0.2) is 0 Å². The standard InChI is InChI=1S/C20H26N4O5/c1-6-12(2)16-9-7-8-10-17(16)21-20(26)15(5)29-18(25)11-23-14(4)19(24(27)28)13(3)22-23/h7-10,12,15H,6,11H2,1-5H3,(H,21,26)/t12-,15-/m0/s1. The molecule has 2 aromatic rings. The average Bonchev–Trinajstić information content (AvgIpc) is 2.94. The van der Waals surface area contributed by atoms with Crippen LogP contribution in [0.2, 0.25) is 0 Å². The van der Waals surface area contributed by atoms with Crippen LogP contribution in [0, 0.1) is 24.0 Å². The van der Waals surface area contributed by atoms with Crippen molar-refractivity contribution in [2.45, 2.75) is 59.6 Å². The summed E-state index contributed by atoms with van der Waals surface area (Å²) in [6, 6.07) is 7.50. The van der Waals surface area contributed by atoms with E-state index in [1.54, 1.807) is 0 Å². The molecule has 29 heavy (non-hydrogen) atoms. The summed E-state index contributed by atoms with van der Waals surface area (Å²) >= 11 is 0. The fourth-order valence-electron chi connectivity index (χ4n) is 3.01. The molecule has 0 spiro atoms. The highest BCUT2D eigenvalue weighted by atomic mass is 16.6. The number of hydrogen-bond acceptors (Lipinski definition) is 6. The Bertz CT molecular complexity index is 922. The van der Waals surface area contributed by atoms with Crippen molar-refractivity contribution >= 4 is 23.3 Å². The first-order chi connectivity index (χ1) is 13.6. The van der Waals surface area contributed by atoms with Crippen LogP contribution in [-0.4, -0.2) is 32.7 Å². The number of aromatic nitrogens is 2. The van der Waals surface area contributed by atoms with Crippen LogP contribution in [0.1, 0.15) is 50.1 Å². The number of hydrogen-bond donors (Lipinski definition) is 1. The normalized spacial score (nSPS) is 12.9. The summed E-state index contributed by atoms with van der Waals surface area (Å²) in [5, 5.41) is 17.9. The number of nitrogens with zero attached hydrogens (tertiary/aromatic N) is 3. The number of benzene rings is 1. The molecule has 1 aromatic heterocycles. The third-order valence-corrected chi connectivity index (χ3v) is 4.84. The Morgan fingerprint density at radius 2 is 1.93 bits per heavy atom. The molecule has 1 N–H and O–H groups in total. The molecule has 2 rings (SSSR count). The van der Waals surface area contributed by atoms with Crippen molar-refractivity contribution in [3.8, 4) is 0 Å². The molecule has 0 unspecified atom stereocenters. The van der Waals surface area contributed by atoms with Crippen molar-refractivity contribution < 1.29 is 19.2 Å². The van der Waals surface area contributed by atoms with Gasteiger partial charge in [0.25, 0.3) is 5.91 Å². The second kappa shape index (κ2) is 9.31. The van der Waals surface area contributed by atoms with Crippen LogP contribution in [0.3, 0.4) is 0 Å². The Morgan fingerprint density at radius 3 is 2.52 bits per heavy atom. The second-order valence-corrected chi connectivity index (χ2v) is 6.95. The Balaban J connectivity index is 2.03. The molecule has 156 valence electrons. The van der Waals surface area contributed by atoms with Crippen molar-refractivity contribution in [2.24, 2.45) is 0 Å². The Hall–Kier alpha value is -3.23. The number of para-hydroxylation sites is 1. The summed E-state index contributed by atoms with van der Waals surface area (Å²) in [5.41, 5.74) is 2.03. The molecule has 9 nitrogen and oxygen atoms in total. The number of ether oxygens (including phenoxy) is 1. The molecule has 1 heterocycles. The van der Waals surface area contributed by atoms with E-state index in [-0.39, 0.29) is 29.5 Å². The topological polar surface area (TPSA) is 116 Å². The first kappa shape index (κ1) is 22.1. The number of rotatable bonds is 8. The summed E-state index contributed by atoms with van der Waals surface area (Å²) in [6.07, 6.45) is -0.105. The molecule has 0 aliphatic heterocycles. The SMILES string of the molecule is CC[C@H](C)c1ccccc1NC(=O)[C@H](C)OC(=O)Cn1nc(C)c([N+](=O)[O-])c1C. The van der Waals surface area contributed by atoms with E-state index in [0.29, 0.717) is 5.69 Å². The van der Waals surface area contributed by atoms with Gasteiger partial charge in [-0.05, 0) is 44.7 Å². The Labute approximate surface area is 169 Å². The maximum absolute atomic E-state index is 12.5. The number of anilines is 1. The minimum Gasteiger partial charge on any atom is -0.451 e. The van der Waals surface area contributed by atoms with Crippen LogP contribution in [0.4, 0.5) is 11.4 Å². The number of carbonyl (C=O) groups is 2. The summed E-state index contributed by atoms with van der Waals surface area (Å²) in [6.45, 7) is 8.30. The molecule has 2 atom stereocenters. The monoisotopic (exact) mass is 402 g/mol. The van der Waals surface area contributed by atoms with Crippen LogP contribution < -0.4 is 5.32 Å². The molecule has 0 saturated heterocycles. The summed E-state index contributed by atoms with van der Waals surface area (Å²) in [4.78, 5) is 35.2. The van der Waals surface area contributed by atoms with Gasteiger partial charge >= 0.3 is 11.7 Å². The maximum Gasteiger partial charge on any atom is 0.328 e. The van der Waals surface area contributed by atoms with E-state index in [4.69, 9.17) is 4.74 Å². The number of aryl methyl sites for hydroxylation is 1. The van der Waals surface area contributed by atoms with Crippen molar-refractivity contribution in [1.82, 2.24) is 9.78 Å². The van der Waals surface area contributed by atoms with Crippen molar-refractivity contribution in [2.75, 3.05) is 5.32 Å². The number of nitro groups is 1. The molecular weight excluding hydrogens is 376 g/mol. The molecule has 9 heteroatoms. The van der Waals surface area contributed by atoms with E-state index in [2.05, 4.69) is 24.3 Å². The molecule has 0 aliphatic rings. The highest BCUT2D eigenvalue weighted by Gasteiger charge is 2.25. The Morgan fingerprint density at radius 1 is 1.28 bits per heavy atom. The molecule has 0 aliphatic carbocycles. The summed E-state index contributed by atoms with van der Waals surface area (Å²) < 4.78 is 6.40. The summed E-state index contributed by atoms with van der Waals surface area (Å²) in [7, 11) is 0. The van der Waals surface area contributed by atoms with Gasteiger partial charge in [-0.1, -0.05) is 32.0 Å². The highest BCUT2D eigenvalue weighted by Crippen LogP contribution is 2.26. The van der Waals surface area contributed by atoms with E-state index in [9.17, 15) is 19.7 Å². The van der Waals surface area contributed by atoms with Crippen LogP contribution in [-0.2, 0) is 20.9 Å². The molecule has 0 radical (unpaired) electrons. The van der Waals surface area contributed by atoms with E-state index < -0.39 is 22.9 Å². The fourth-order valence-corrected chi connectivity index (χ4v) is 3.01. The molecule has 1 aromatic carbocycles. The lowest BCUT2D eigenvalue weighted by Gasteiger charge is -2.18. The zero-order chi connectivity index (χ0) is 21.7. The largest absolute Gasteiger partial charge is 0.451 e. The van der Waals surface area contributed by atoms with E-state index in [1.807, 2.05) is 24.3 Å². The van der Waals surface area contributed by atoms with Gasteiger partial charge in [0.05, 0.1) is 4.92 Å². The molecule has 0 fully saturated rings. The third kappa shape index (κ3) is 5.18. The first-order valence-corrected chi connectivity index (χ1v) is 9.43. The zero-order valence-electron chi connectivity index (χ0n) is 17.3. The minimum absolute atomic E-state index is 0.134. The smallest absolute Gasteiger partial charge is 0.328 e. The van der Waals surface area contributed by atoms with Crippen LogP contribution in [0.5, 0.6) is 0 Å². The summed E-state index contributed by atoms with van der Waals surface area (Å²) in [5.74, 6) is -0.886. The van der Waals surface area contributed by atoms with Gasteiger partial charge in [-0.15, -0.1) is 0 Å². The fraction of sp³-hybridized carbons (Fsp3) is 0.450. The van der Waals surface area contributed by atoms with Gasteiger partial charge in [0, 0.05) is 5.69 Å². The van der Waals surface area contributed by atoms with Gasteiger partial charge in [0.15, 0.2) is 6.10 Å². The van der Waals surface area contributed by atoms with Crippen LogP contribution in [0.25, 0.3) is 0 Å². The molecule has 1 amide bonds. The number of amides is 1. The Kier molecular flexibility index (Phi) is 7.08. The van der Waals surface area contributed by atoms with E-state index in [0.717, 1.165) is 12.0 Å². The molecular formula is C20H26N4O5. The van der Waals surface area contributed by atoms with Crippen molar-refractivity contribution in [3.05, 3.63) is 51.3 Å². The minimum atomic E-state index is -1.03. The molecule has 0 bridgehead atoms. The zero-order valence-corrected chi connectivity index (χ0v) is 17.3. The maximum atomic E-state index is 12.5. The second-order valence-electron chi connectivity index (χ2n) is 6.95. The van der Waals surface area contributed by atoms with Crippen LogP contribution in [0.15, 0.2) is 24.3 Å². The van der Waals surface area contributed by atoms with Gasteiger partial charge in [0.1, 0.15) is 17.9 Å². The van der Waals surface area contributed by atoms with Gasteiger partial charge < -0.3 is 10.1 Å². The first-order valence-electron chi connectivity index (χ1n) is 9.43. The lowest BCUT2D eigenvalue weighted by molar-refractivity contribution is -0.386. The van der Waals surface area contributed by atoms with Crippen LogP contribution >= 0.6 is 0 Å². The molecule has 0 saturated carbocycles. The average molecular weight is 402 g/mol. The predicted molar refractivity (Wildman–Crippen MR) is 108 cm³/mol. The van der Waals surface area contributed by atoms with Gasteiger partial charge in [-0.2, -0.15) is 5.10 Å². The lowest BCUT2D eigenvalue weighted by Crippen LogP contribution is -2.31. The quantitative estimate of drug-likeness (QED) is 0.410. The van der Waals surface area contributed by atoms with Gasteiger partial charge in [0.2, 0.25) is 0 Å². The van der Waals surface area contributed by atoms with Gasteiger partial charge in [-0.3, -0.25) is 24.4 Å². The number of carbonyl (C=O) groups excluding carboxylic acids is 2. The predicted octanol–water partition coefficient (Wildman–Crippen LogP) is 3.49. The van der Waals surface area contributed by atoms with E-state index >= 15 is 0 Å².